The lowest BCUT2D eigenvalue weighted by Crippen LogP contribution is -2.22. The molecule has 1 heterocycles. The van der Waals surface area contributed by atoms with E-state index in [0.717, 1.165) is 18.0 Å². The molecule has 0 aliphatic rings. The summed E-state index contributed by atoms with van der Waals surface area (Å²) in [4.78, 5) is 2.17. The Kier molecular flexibility index (Phi) is 6.21. The highest BCUT2D eigenvalue weighted by Crippen LogP contribution is 2.15. The van der Waals surface area contributed by atoms with E-state index in [-0.39, 0.29) is 0 Å². The molecule has 27 heavy (non-hydrogen) atoms. The van der Waals surface area contributed by atoms with Gasteiger partial charge < -0.3 is 4.74 Å². The summed E-state index contributed by atoms with van der Waals surface area (Å²) >= 11 is 5.62. The van der Waals surface area contributed by atoms with Crippen LogP contribution in [0.15, 0.2) is 67.5 Å². The van der Waals surface area contributed by atoms with Gasteiger partial charge in [-0.1, -0.05) is 43.0 Å². The second-order valence-electron chi connectivity index (χ2n) is 6.47. The van der Waals surface area contributed by atoms with Gasteiger partial charge in [-0.2, -0.15) is 5.10 Å². The Morgan fingerprint density at radius 2 is 1.93 bits per heavy atom. The molecule has 3 aromatic rings. The van der Waals surface area contributed by atoms with Crippen molar-refractivity contribution >= 4 is 12.2 Å². The molecule has 0 spiro atoms. The first-order chi connectivity index (χ1) is 13.1. The Morgan fingerprint density at radius 3 is 2.63 bits per heavy atom. The molecule has 2 aromatic carbocycles. The normalized spacial score (nSPS) is 10.9. The predicted octanol–water partition coefficient (Wildman–Crippen LogP) is 4.37. The van der Waals surface area contributed by atoms with E-state index >= 15 is 0 Å². The summed E-state index contributed by atoms with van der Waals surface area (Å²) in [5.74, 6) is 0.848. The van der Waals surface area contributed by atoms with Crippen molar-refractivity contribution in [1.82, 2.24) is 19.2 Å². The molecule has 3 rings (SSSR count). The van der Waals surface area contributed by atoms with Crippen molar-refractivity contribution in [2.45, 2.75) is 20.1 Å². The maximum Gasteiger partial charge on any atom is 0.203 e. The van der Waals surface area contributed by atoms with Crippen LogP contribution in [0, 0.1) is 11.7 Å². The Morgan fingerprint density at radius 1 is 1.19 bits per heavy atom. The molecule has 0 N–H and O–H groups in total. The highest BCUT2D eigenvalue weighted by Gasteiger charge is 2.08. The second kappa shape index (κ2) is 8.79. The molecular weight excluding hydrogens is 356 g/mol. The van der Waals surface area contributed by atoms with E-state index in [1.165, 1.54) is 11.1 Å². The lowest BCUT2D eigenvalue weighted by atomic mass is 10.2. The summed E-state index contributed by atoms with van der Waals surface area (Å²) in [6.45, 7) is 7.65. The van der Waals surface area contributed by atoms with Crippen molar-refractivity contribution in [1.29, 1.82) is 0 Å². The maximum absolute atomic E-state index is 5.62. The van der Waals surface area contributed by atoms with Gasteiger partial charge in [0, 0.05) is 6.54 Å². The molecule has 6 heteroatoms. The number of hydrogen-bond acceptors (Lipinski definition) is 4. The van der Waals surface area contributed by atoms with Gasteiger partial charge >= 0.3 is 0 Å². The minimum atomic E-state index is 0.515. The fourth-order valence-electron chi connectivity index (χ4n) is 2.87. The van der Waals surface area contributed by atoms with E-state index in [9.17, 15) is 0 Å². The number of aromatic nitrogens is 3. The van der Waals surface area contributed by atoms with Gasteiger partial charge in [0.15, 0.2) is 0 Å². The van der Waals surface area contributed by atoms with E-state index in [2.05, 4.69) is 54.8 Å². The predicted molar refractivity (Wildman–Crippen MR) is 111 cm³/mol. The van der Waals surface area contributed by atoms with Gasteiger partial charge in [0.25, 0.3) is 0 Å². The van der Waals surface area contributed by atoms with E-state index in [0.29, 0.717) is 18.0 Å². The molecule has 0 saturated carbocycles. The van der Waals surface area contributed by atoms with Crippen LogP contribution in [-0.4, -0.2) is 32.9 Å². The van der Waals surface area contributed by atoms with Gasteiger partial charge in [-0.15, -0.1) is 0 Å². The van der Waals surface area contributed by atoms with Crippen LogP contribution in [0.1, 0.15) is 11.1 Å². The average Bonchev–Trinajstić information content (AvgIpc) is 3.02. The standard InChI is InChI=1S/C21H24N4OS/c1-4-13-26-19-11-9-18(10-12-19)14-23(3)16-25-21(27)24(15-22-25)20-8-6-5-7-17(20)2/h4-12,15H,1,13-14,16H2,2-3H3. The van der Waals surface area contributed by atoms with Crippen LogP contribution < -0.4 is 4.74 Å². The Hall–Kier alpha value is -2.70. The SMILES string of the molecule is C=CCOc1ccc(CN(C)Cn2ncn(-c3ccccc3C)c2=S)cc1. The number of ether oxygens (including phenoxy) is 1. The molecule has 140 valence electrons. The number of hydrogen-bond donors (Lipinski definition) is 0. The third kappa shape index (κ3) is 4.72. The molecule has 5 nitrogen and oxygen atoms in total. The smallest absolute Gasteiger partial charge is 0.203 e. The molecule has 0 bridgehead atoms. The maximum atomic E-state index is 5.62. The molecule has 0 atom stereocenters. The number of para-hydroxylation sites is 1. The molecular formula is C21H24N4OS. The lowest BCUT2D eigenvalue weighted by molar-refractivity contribution is 0.244. The first-order valence-electron chi connectivity index (χ1n) is 8.80. The number of benzene rings is 2. The van der Waals surface area contributed by atoms with E-state index in [1.54, 1.807) is 12.4 Å². The lowest BCUT2D eigenvalue weighted by Gasteiger charge is -2.17. The van der Waals surface area contributed by atoms with Crippen LogP contribution >= 0.6 is 12.2 Å². The highest BCUT2D eigenvalue weighted by atomic mass is 32.1. The summed E-state index contributed by atoms with van der Waals surface area (Å²) in [6.07, 6.45) is 3.52. The average molecular weight is 381 g/mol. The quantitative estimate of drug-likeness (QED) is 0.429. The Labute approximate surface area is 165 Å². The van der Waals surface area contributed by atoms with Gasteiger partial charge in [-0.25, -0.2) is 4.68 Å². The summed E-state index contributed by atoms with van der Waals surface area (Å²) in [7, 11) is 2.05. The van der Waals surface area contributed by atoms with Crippen LogP contribution in [0.5, 0.6) is 5.75 Å². The largest absolute Gasteiger partial charge is 0.490 e. The molecule has 0 amide bonds. The van der Waals surface area contributed by atoms with E-state index < -0.39 is 0 Å². The third-order valence-corrected chi connectivity index (χ3v) is 4.63. The van der Waals surface area contributed by atoms with Gasteiger partial charge in [0.1, 0.15) is 18.7 Å². The second-order valence-corrected chi connectivity index (χ2v) is 6.83. The molecule has 1 aromatic heterocycles. The number of aryl methyl sites for hydroxylation is 1. The Balaban J connectivity index is 1.66. The van der Waals surface area contributed by atoms with Gasteiger partial charge in [0.05, 0.1) is 12.4 Å². The van der Waals surface area contributed by atoms with Crippen molar-refractivity contribution < 1.29 is 4.74 Å². The zero-order valence-electron chi connectivity index (χ0n) is 15.7. The molecule has 0 aliphatic heterocycles. The van der Waals surface area contributed by atoms with Crippen LogP contribution in [0.25, 0.3) is 5.69 Å². The summed E-state index contributed by atoms with van der Waals surface area (Å²) in [5.41, 5.74) is 3.43. The van der Waals surface area contributed by atoms with Crippen molar-refractivity contribution in [3.63, 3.8) is 0 Å². The molecule has 0 fully saturated rings. The molecule has 0 unspecified atom stereocenters. The number of nitrogens with zero attached hydrogens (tertiary/aromatic N) is 4. The minimum absolute atomic E-state index is 0.515. The van der Waals surface area contributed by atoms with Crippen molar-refractivity contribution in [2.24, 2.45) is 0 Å². The van der Waals surface area contributed by atoms with Crippen molar-refractivity contribution in [3.8, 4) is 11.4 Å². The zero-order valence-corrected chi connectivity index (χ0v) is 16.5. The van der Waals surface area contributed by atoms with Crippen molar-refractivity contribution in [2.75, 3.05) is 13.7 Å². The van der Waals surface area contributed by atoms with Gasteiger partial charge in [0.2, 0.25) is 4.77 Å². The van der Waals surface area contributed by atoms with Crippen molar-refractivity contribution in [3.05, 3.63) is 83.4 Å². The number of rotatable bonds is 8. The first kappa shape index (κ1) is 19.1. The van der Waals surface area contributed by atoms with Crippen LogP contribution in [0.3, 0.4) is 0 Å². The molecule has 0 saturated heterocycles. The summed E-state index contributed by atoms with van der Waals surface area (Å²) < 4.78 is 9.99. The third-order valence-electron chi connectivity index (χ3n) is 4.23. The topological polar surface area (TPSA) is 35.2 Å². The fourth-order valence-corrected chi connectivity index (χ4v) is 3.12. The van der Waals surface area contributed by atoms with Crippen LogP contribution in [0.4, 0.5) is 0 Å². The summed E-state index contributed by atoms with van der Waals surface area (Å²) in [5, 5.41) is 4.47. The summed E-state index contributed by atoms with van der Waals surface area (Å²) in [6, 6.07) is 16.3. The van der Waals surface area contributed by atoms with Gasteiger partial charge in [-0.05, 0) is 55.5 Å². The van der Waals surface area contributed by atoms with E-state index in [1.807, 2.05) is 33.5 Å². The zero-order chi connectivity index (χ0) is 19.2. The first-order valence-corrected chi connectivity index (χ1v) is 9.21. The fraction of sp³-hybridized carbons (Fsp3) is 0.238. The molecule has 0 radical (unpaired) electrons. The molecule has 0 aliphatic carbocycles. The van der Waals surface area contributed by atoms with Crippen LogP contribution in [-0.2, 0) is 13.2 Å². The van der Waals surface area contributed by atoms with E-state index in [4.69, 9.17) is 17.0 Å². The van der Waals surface area contributed by atoms with Crippen LogP contribution in [0.2, 0.25) is 0 Å². The monoisotopic (exact) mass is 380 g/mol. The highest BCUT2D eigenvalue weighted by molar-refractivity contribution is 7.71. The van der Waals surface area contributed by atoms with Gasteiger partial charge in [-0.3, -0.25) is 9.47 Å². The minimum Gasteiger partial charge on any atom is -0.490 e. The Bertz CT molecular complexity index is 959.